The number of hydrogen-bond donors (Lipinski definition) is 1. The minimum Gasteiger partial charge on any atom is -0.490 e. The minimum absolute atomic E-state index is 0.0605. The summed E-state index contributed by atoms with van der Waals surface area (Å²) in [6, 6.07) is 7.71. The molecule has 0 radical (unpaired) electrons. The lowest BCUT2D eigenvalue weighted by Gasteiger charge is -2.30. The number of halogens is 1. The van der Waals surface area contributed by atoms with E-state index in [-0.39, 0.29) is 12.1 Å². The Morgan fingerprint density at radius 3 is 2.52 bits per heavy atom. The normalized spacial score (nSPS) is 17.3. The van der Waals surface area contributed by atoms with Crippen LogP contribution < -0.4 is 14.8 Å². The Balaban J connectivity index is 1.50. The summed E-state index contributed by atoms with van der Waals surface area (Å²) in [6.07, 6.45) is 6.58. The van der Waals surface area contributed by atoms with Gasteiger partial charge in [-0.15, -0.1) is 0 Å². The fourth-order valence-corrected chi connectivity index (χ4v) is 6.11. The quantitative estimate of drug-likeness (QED) is 0.273. The van der Waals surface area contributed by atoms with Crippen LogP contribution in [0.3, 0.4) is 0 Å². The molecule has 0 spiro atoms. The van der Waals surface area contributed by atoms with Crippen LogP contribution in [0.25, 0.3) is 0 Å². The first-order valence-corrected chi connectivity index (χ1v) is 14.8. The molecule has 40 heavy (non-hydrogen) atoms. The Kier molecular flexibility index (Phi) is 8.49. The SMILES string of the molecule is CCOc1cc(C2C(C(=O)OC3CCCCC3)=C(C)Nc3ncnn32)cc(Br)c1OCc1cc(C)c(C)cc1C. The molecule has 9 heteroatoms. The predicted molar refractivity (Wildman–Crippen MR) is 158 cm³/mol. The molecule has 0 bridgehead atoms. The molecule has 212 valence electrons. The van der Waals surface area contributed by atoms with E-state index in [1.165, 1.54) is 29.4 Å². The molecule has 2 heterocycles. The Bertz CT molecular complexity index is 1440. The van der Waals surface area contributed by atoms with Crippen molar-refractivity contribution in [3.8, 4) is 11.5 Å². The van der Waals surface area contributed by atoms with Crippen molar-refractivity contribution in [1.82, 2.24) is 14.8 Å². The van der Waals surface area contributed by atoms with Crippen LogP contribution in [-0.2, 0) is 16.1 Å². The summed E-state index contributed by atoms with van der Waals surface area (Å²) >= 11 is 3.74. The summed E-state index contributed by atoms with van der Waals surface area (Å²) in [5.41, 5.74) is 6.82. The van der Waals surface area contributed by atoms with E-state index in [0.29, 0.717) is 41.9 Å². The summed E-state index contributed by atoms with van der Waals surface area (Å²) < 4.78 is 20.9. The van der Waals surface area contributed by atoms with Crippen molar-refractivity contribution in [2.24, 2.45) is 0 Å². The number of aromatic nitrogens is 3. The smallest absolute Gasteiger partial charge is 0.338 e. The highest BCUT2D eigenvalue weighted by molar-refractivity contribution is 9.10. The number of anilines is 1. The second kappa shape index (κ2) is 12.0. The van der Waals surface area contributed by atoms with E-state index in [4.69, 9.17) is 14.2 Å². The highest BCUT2D eigenvalue weighted by Crippen LogP contribution is 2.43. The Hall–Kier alpha value is -3.33. The van der Waals surface area contributed by atoms with Gasteiger partial charge in [-0.25, -0.2) is 9.48 Å². The highest BCUT2D eigenvalue weighted by atomic mass is 79.9. The van der Waals surface area contributed by atoms with Crippen LogP contribution in [0.4, 0.5) is 5.95 Å². The van der Waals surface area contributed by atoms with E-state index in [1.54, 1.807) is 4.68 Å². The molecule has 1 aliphatic carbocycles. The van der Waals surface area contributed by atoms with Crippen LogP contribution >= 0.6 is 15.9 Å². The fourth-order valence-electron chi connectivity index (χ4n) is 5.54. The van der Waals surface area contributed by atoms with Gasteiger partial charge in [0.25, 0.3) is 0 Å². The second-order valence-electron chi connectivity index (χ2n) is 10.7. The van der Waals surface area contributed by atoms with Gasteiger partial charge in [-0.05, 0) is 116 Å². The number of carbonyl (C=O) groups excluding carboxylic acids is 1. The molecular formula is C31H37BrN4O4. The van der Waals surface area contributed by atoms with E-state index >= 15 is 0 Å². The van der Waals surface area contributed by atoms with E-state index < -0.39 is 6.04 Å². The summed E-state index contributed by atoms with van der Waals surface area (Å²) in [5, 5.41) is 7.70. The number of benzene rings is 2. The molecule has 3 aromatic rings. The van der Waals surface area contributed by atoms with Gasteiger partial charge >= 0.3 is 5.97 Å². The van der Waals surface area contributed by atoms with Gasteiger partial charge in [0.2, 0.25) is 5.95 Å². The minimum atomic E-state index is -0.540. The van der Waals surface area contributed by atoms with Crippen molar-refractivity contribution in [1.29, 1.82) is 0 Å². The van der Waals surface area contributed by atoms with E-state index in [9.17, 15) is 4.79 Å². The summed E-state index contributed by atoms with van der Waals surface area (Å²) in [6.45, 7) is 11.0. The third kappa shape index (κ3) is 5.75. The van der Waals surface area contributed by atoms with Crippen molar-refractivity contribution in [2.45, 2.75) is 85.5 Å². The average Bonchev–Trinajstić information content (AvgIpc) is 3.38. The molecule has 1 aliphatic heterocycles. The van der Waals surface area contributed by atoms with Crippen LogP contribution in [0.5, 0.6) is 11.5 Å². The van der Waals surface area contributed by atoms with Crippen molar-refractivity contribution < 1.29 is 19.0 Å². The number of aryl methyl sites for hydroxylation is 3. The van der Waals surface area contributed by atoms with Crippen molar-refractivity contribution in [3.05, 3.63) is 74.2 Å². The number of allylic oxidation sites excluding steroid dienone is 1. The van der Waals surface area contributed by atoms with Gasteiger partial charge in [0, 0.05) is 5.70 Å². The van der Waals surface area contributed by atoms with E-state index in [0.717, 1.165) is 41.3 Å². The number of fused-ring (bicyclic) bond motifs is 1. The number of carbonyl (C=O) groups is 1. The molecule has 2 aromatic carbocycles. The lowest BCUT2D eigenvalue weighted by atomic mass is 9.94. The Morgan fingerprint density at radius 2 is 1.77 bits per heavy atom. The first-order chi connectivity index (χ1) is 19.3. The van der Waals surface area contributed by atoms with E-state index in [1.807, 2.05) is 26.0 Å². The number of nitrogens with one attached hydrogen (secondary N) is 1. The summed E-state index contributed by atoms with van der Waals surface area (Å²) in [5.74, 6) is 1.44. The summed E-state index contributed by atoms with van der Waals surface area (Å²) in [7, 11) is 0. The van der Waals surface area contributed by atoms with Crippen LogP contribution in [0, 0.1) is 20.8 Å². The maximum absolute atomic E-state index is 13.6. The zero-order valence-electron chi connectivity index (χ0n) is 23.8. The third-order valence-corrected chi connectivity index (χ3v) is 8.40. The van der Waals surface area contributed by atoms with Gasteiger partial charge < -0.3 is 19.5 Å². The monoisotopic (exact) mass is 608 g/mol. The fraction of sp³-hybridized carbons (Fsp3) is 0.452. The molecule has 0 saturated heterocycles. The molecule has 2 aliphatic rings. The molecule has 1 N–H and O–H groups in total. The number of esters is 1. The maximum atomic E-state index is 13.6. The molecule has 1 fully saturated rings. The van der Waals surface area contributed by atoms with Gasteiger partial charge in [-0.2, -0.15) is 10.1 Å². The predicted octanol–water partition coefficient (Wildman–Crippen LogP) is 7.11. The highest BCUT2D eigenvalue weighted by Gasteiger charge is 2.36. The molecule has 1 unspecified atom stereocenters. The number of hydrogen-bond acceptors (Lipinski definition) is 7. The Labute approximate surface area is 244 Å². The molecule has 0 amide bonds. The molecule has 5 rings (SSSR count). The first-order valence-electron chi connectivity index (χ1n) is 14.0. The van der Waals surface area contributed by atoms with Crippen LogP contribution in [-0.4, -0.2) is 33.4 Å². The van der Waals surface area contributed by atoms with Gasteiger partial charge in [-0.1, -0.05) is 18.6 Å². The van der Waals surface area contributed by atoms with Gasteiger partial charge in [0.1, 0.15) is 25.1 Å². The molecule has 1 atom stereocenters. The Morgan fingerprint density at radius 1 is 1.02 bits per heavy atom. The van der Waals surface area contributed by atoms with Crippen LogP contribution in [0.2, 0.25) is 0 Å². The zero-order chi connectivity index (χ0) is 28.4. The molecule has 1 saturated carbocycles. The van der Waals surface area contributed by atoms with Crippen molar-refractivity contribution >= 4 is 27.8 Å². The van der Waals surface area contributed by atoms with Gasteiger partial charge in [0.15, 0.2) is 11.5 Å². The lowest BCUT2D eigenvalue weighted by molar-refractivity contribution is -0.146. The standard InChI is InChI=1S/C31H37BrN4O4/c1-6-38-26-15-22(14-25(32)29(26)39-16-23-13-19(3)18(2)12-20(23)4)28-27(21(5)35-31-33-17-34-36(28)31)30(37)40-24-10-8-7-9-11-24/h12-15,17,24,28H,6-11,16H2,1-5H3,(H,33,34,35). The van der Waals surface area contributed by atoms with Crippen LogP contribution in [0.15, 0.2) is 46.3 Å². The van der Waals surface area contributed by atoms with Gasteiger partial charge in [0.05, 0.1) is 16.7 Å². The lowest BCUT2D eigenvalue weighted by Crippen LogP contribution is -2.32. The van der Waals surface area contributed by atoms with Crippen molar-refractivity contribution in [3.63, 3.8) is 0 Å². The topological polar surface area (TPSA) is 87.5 Å². The second-order valence-corrected chi connectivity index (χ2v) is 11.5. The molecule has 1 aromatic heterocycles. The van der Waals surface area contributed by atoms with E-state index in [2.05, 4.69) is 64.2 Å². The average molecular weight is 610 g/mol. The van der Waals surface area contributed by atoms with Gasteiger partial charge in [-0.3, -0.25) is 0 Å². The largest absolute Gasteiger partial charge is 0.490 e. The maximum Gasteiger partial charge on any atom is 0.338 e. The third-order valence-electron chi connectivity index (χ3n) is 7.81. The van der Waals surface area contributed by atoms with Crippen molar-refractivity contribution in [2.75, 3.05) is 11.9 Å². The molecule has 8 nitrogen and oxygen atoms in total. The molecular weight excluding hydrogens is 572 g/mol. The number of ether oxygens (including phenoxy) is 3. The summed E-state index contributed by atoms with van der Waals surface area (Å²) in [4.78, 5) is 18.0. The van der Waals surface area contributed by atoms with Crippen LogP contribution in [0.1, 0.15) is 79.8 Å². The zero-order valence-corrected chi connectivity index (χ0v) is 25.4. The first kappa shape index (κ1) is 28.2. The number of rotatable bonds is 8. The number of nitrogens with zero attached hydrogens (tertiary/aromatic N) is 3.